The Morgan fingerprint density at radius 3 is 2.41 bits per heavy atom. The molecule has 7 nitrogen and oxygen atoms in total. The second-order valence-electron chi connectivity index (χ2n) is 8.43. The van der Waals surface area contributed by atoms with Crippen LogP contribution in [0.25, 0.3) is 11.0 Å². The van der Waals surface area contributed by atoms with Crippen molar-refractivity contribution in [3.8, 4) is 11.5 Å². The lowest BCUT2D eigenvalue weighted by molar-refractivity contribution is 0.242. The number of ether oxygens (including phenoxy) is 2. The molecule has 1 aromatic carbocycles. The van der Waals surface area contributed by atoms with Crippen molar-refractivity contribution in [2.24, 2.45) is 0 Å². The number of piperidine rings is 1. The standard InChI is InChI=1S/C24H31N3O4S/c1-5-26-16-23(22-14-20(30-4)15-25-24(22)26)18-10-12-27(13-11-18)32(28,29)21-8-6-19(7-9-21)31-17(2)3/h6-9,14-18H,5,10-13H2,1-4H3. The van der Waals surface area contributed by atoms with Gasteiger partial charge in [-0.1, -0.05) is 0 Å². The van der Waals surface area contributed by atoms with E-state index < -0.39 is 10.0 Å². The van der Waals surface area contributed by atoms with Crippen LogP contribution in [0.4, 0.5) is 0 Å². The molecule has 0 saturated carbocycles. The van der Waals surface area contributed by atoms with Crippen LogP contribution in [0.15, 0.2) is 47.6 Å². The van der Waals surface area contributed by atoms with Crippen LogP contribution in [-0.2, 0) is 16.6 Å². The second kappa shape index (κ2) is 9.11. The van der Waals surface area contributed by atoms with Gasteiger partial charge in [0.05, 0.1) is 24.3 Å². The summed E-state index contributed by atoms with van der Waals surface area (Å²) in [6.07, 6.45) is 5.50. The second-order valence-corrected chi connectivity index (χ2v) is 10.4. The fourth-order valence-corrected chi connectivity index (χ4v) is 5.84. The third-order valence-corrected chi connectivity index (χ3v) is 7.94. The van der Waals surface area contributed by atoms with E-state index in [1.807, 2.05) is 19.9 Å². The Labute approximate surface area is 190 Å². The van der Waals surface area contributed by atoms with Crippen molar-refractivity contribution in [1.82, 2.24) is 13.9 Å². The van der Waals surface area contributed by atoms with Gasteiger partial charge in [0, 0.05) is 31.2 Å². The van der Waals surface area contributed by atoms with Crippen LogP contribution in [0, 0.1) is 0 Å². The van der Waals surface area contributed by atoms with Gasteiger partial charge in [0.15, 0.2) is 0 Å². The highest BCUT2D eigenvalue weighted by Gasteiger charge is 2.31. The lowest BCUT2D eigenvalue weighted by atomic mass is 9.90. The maximum atomic E-state index is 13.2. The fraction of sp³-hybridized carbons (Fsp3) is 0.458. The molecule has 0 spiro atoms. The molecule has 8 heteroatoms. The molecule has 4 rings (SSSR count). The van der Waals surface area contributed by atoms with Gasteiger partial charge in [0.25, 0.3) is 0 Å². The average molecular weight is 458 g/mol. The molecule has 1 aliphatic rings. The molecule has 0 aliphatic carbocycles. The minimum Gasteiger partial charge on any atom is -0.495 e. The Hall–Kier alpha value is -2.58. The molecule has 0 N–H and O–H groups in total. The molecule has 0 unspecified atom stereocenters. The van der Waals surface area contributed by atoms with Gasteiger partial charge in [-0.05, 0) is 75.4 Å². The first-order valence-corrected chi connectivity index (χ1v) is 12.6. The van der Waals surface area contributed by atoms with Crippen LogP contribution in [0.2, 0.25) is 0 Å². The number of fused-ring (bicyclic) bond motifs is 1. The van der Waals surface area contributed by atoms with Crippen molar-refractivity contribution >= 4 is 21.1 Å². The van der Waals surface area contributed by atoms with Gasteiger partial charge in [-0.3, -0.25) is 0 Å². The molecular weight excluding hydrogens is 426 g/mol. The first-order valence-electron chi connectivity index (χ1n) is 11.1. The van der Waals surface area contributed by atoms with Gasteiger partial charge in [0.2, 0.25) is 10.0 Å². The third-order valence-electron chi connectivity index (χ3n) is 6.02. The van der Waals surface area contributed by atoms with E-state index in [1.54, 1.807) is 41.9 Å². The molecule has 32 heavy (non-hydrogen) atoms. The molecule has 172 valence electrons. The monoisotopic (exact) mass is 457 g/mol. The molecule has 3 aromatic rings. The fourth-order valence-electron chi connectivity index (χ4n) is 4.37. The quantitative estimate of drug-likeness (QED) is 0.525. The SMILES string of the molecule is CCn1cc(C2CCN(S(=O)(=O)c3ccc(OC(C)C)cc3)CC2)c2cc(OC)cnc21. The number of nitrogens with zero attached hydrogens (tertiary/aromatic N) is 3. The lowest BCUT2D eigenvalue weighted by Gasteiger charge is -2.31. The maximum Gasteiger partial charge on any atom is 0.243 e. The smallest absolute Gasteiger partial charge is 0.243 e. The zero-order chi connectivity index (χ0) is 22.9. The van der Waals surface area contributed by atoms with E-state index in [0.29, 0.717) is 23.7 Å². The van der Waals surface area contributed by atoms with Crippen molar-refractivity contribution in [3.05, 3.63) is 48.3 Å². The molecular formula is C24H31N3O4S. The van der Waals surface area contributed by atoms with Crippen LogP contribution in [-0.4, -0.2) is 48.6 Å². The van der Waals surface area contributed by atoms with Gasteiger partial charge in [-0.25, -0.2) is 13.4 Å². The molecule has 1 saturated heterocycles. The van der Waals surface area contributed by atoms with Crippen molar-refractivity contribution in [2.75, 3.05) is 20.2 Å². The molecule has 0 bridgehead atoms. The molecule has 0 radical (unpaired) electrons. The van der Waals surface area contributed by atoms with E-state index in [4.69, 9.17) is 9.47 Å². The van der Waals surface area contributed by atoms with Gasteiger partial charge < -0.3 is 14.0 Å². The van der Waals surface area contributed by atoms with Crippen LogP contribution in [0.1, 0.15) is 45.1 Å². The van der Waals surface area contributed by atoms with Crippen LogP contribution >= 0.6 is 0 Å². The van der Waals surface area contributed by atoms with E-state index in [9.17, 15) is 8.42 Å². The number of aryl methyl sites for hydroxylation is 1. The summed E-state index contributed by atoms with van der Waals surface area (Å²) in [7, 11) is -1.88. The minimum absolute atomic E-state index is 0.0466. The Morgan fingerprint density at radius 1 is 1.12 bits per heavy atom. The van der Waals surface area contributed by atoms with Crippen molar-refractivity contribution in [1.29, 1.82) is 0 Å². The van der Waals surface area contributed by atoms with Crippen molar-refractivity contribution in [2.45, 2.75) is 57.1 Å². The van der Waals surface area contributed by atoms with Crippen molar-refractivity contribution < 1.29 is 17.9 Å². The summed E-state index contributed by atoms with van der Waals surface area (Å²) < 4.78 is 41.1. The van der Waals surface area contributed by atoms with Crippen LogP contribution in [0.5, 0.6) is 11.5 Å². The van der Waals surface area contributed by atoms with Gasteiger partial charge in [0.1, 0.15) is 17.1 Å². The highest BCUT2D eigenvalue weighted by atomic mass is 32.2. The largest absolute Gasteiger partial charge is 0.495 e. The number of pyridine rings is 1. The molecule has 0 amide bonds. The van der Waals surface area contributed by atoms with E-state index in [-0.39, 0.29) is 12.0 Å². The van der Waals surface area contributed by atoms with E-state index in [0.717, 1.165) is 36.2 Å². The lowest BCUT2D eigenvalue weighted by Crippen LogP contribution is -2.37. The molecule has 1 aliphatic heterocycles. The third kappa shape index (κ3) is 4.34. The number of sulfonamides is 1. The Bertz CT molecular complexity index is 1180. The molecule has 2 aromatic heterocycles. The topological polar surface area (TPSA) is 73.7 Å². The summed E-state index contributed by atoms with van der Waals surface area (Å²) in [4.78, 5) is 4.89. The number of rotatable bonds is 7. The summed E-state index contributed by atoms with van der Waals surface area (Å²) in [5, 5.41) is 1.09. The van der Waals surface area contributed by atoms with Gasteiger partial charge >= 0.3 is 0 Å². The zero-order valence-corrected chi connectivity index (χ0v) is 19.9. The average Bonchev–Trinajstić information content (AvgIpc) is 3.17. The highest BCUT2D eigenvalue weighted by Crippen LogP contribution is 2.36. The number of hydrogen-bond acceptors (Lipinski definition) is 5. The van der Waals surface area contributed by atoms with Crippen molar-refractivity contribution in [3.63, 3.8) is 0 Å². The first-order chi connectivity index (χ1) is 15.3. The number of methoxy groups -OCH3 is 1. The summed E-state index contributed by atoms with van der Waals surface area (Å²) in [5.74, 6) is 1.69. The van der Waals surface area contributed by atoms with Crippen LogP contribution in [0.3, 0.4) is 0 Å². The van der Waals surface area contributed by atoms with E-state index in [1.165, 1.54) is 5.56 Å². The van der Waals surface area contributed by atoms with Gasteiger partial charge in [-0.2, -0.15) is 4.31 Å². The predicted molar refractivity (Wildman–Crippen MR) is 125 cm³/mol. The normalized spacial score (nSPS) is 16.0. The molecule has 1 fully saturated rings. The maximum absolute atomic E-state index is 13.2. The number of benzene rings is 1. The number of hydrogen-bond donors (Lipinski definition) is 0. The predicted octanol–water partition coefficient (Wildman–Crippen LogP) is 4.42. The molecule has 0 atom stereocenters. The first kappa shape index (κ1) is 22.6. The van der Waals surface area contributed by atoms with E-state index in [2.05, 4.69) is 22.7 Å². The summed E-state index contributed by atoms with van der Waals surface area (Å²) in [6, 6.07) is 8.74. The van der Waals surface area contributed by atoms with Gasteiger partial charge in [-0.15, -0.1) is 0 Å². The Balaban J connectivity index is 1.51. The van der Waals surface area contributed by atoms with E-state index >= 15 is 0 Å². The minimum atomic E-state index is -3.53. The summed E-state index contributed by atoms with van der Waals surface area (Å²) in [5.41, 5.74) is 2.17. The summed E-state index contributed by atoms with van der Waals surface area (Å²) >= 11 is 0. The number of aromatic nitrogens is 2. The highest BCUT2D eigenvalue weighted by molar-refractivity contribution is 7.89. The summed E-state index contributed by atoms with van der Waals surface area (Å²) in [6.45, 7) is 7.81. The zero-order valence-electron chi connectivity index (χ0n) is 19.1. The Morgan fingerprint density at radius 2 is 1.81 bits per heavy atom. The molecule has 3 heterocycles. The van der Waals surface area contributed by atoms with Crippen LogP contribution < -0.4 is 9.47 Å². The Kier molecular flexibility index (Phi) is 6.44.